The molecule has 1 saturated heterocycles. The molecule has 8 atom stereocenters. The number of rotatable bonds is 5. The van der Waals surface area contributed by atoms with E-state index in [1.54, 1.807) is 18.6 Å². The van der Waals surface area contributed by atoms with E-state index < -0.39 is 64.3 Å². The molecular formula is C31H38O10. The summed E-state index contributed by atoms with van der Waals surface area (Å²) in [6.45, 7) is 10.1. The largest absolute Gasteiger partial charge is 0.472 e. The third-order valence-electron chi connectivity index (χ3n) is 10.3. The predicted molar refractivity (Wildman–Crippen MR) is 142 cm³/mol. The fourth-order valence-electron chi connectivity index (χ4n) is 8.76. The smallest absolute Gasteiger partial charge is 0.347 e. The lowest BCUT2D eigenvalue weighted by Gasteiger charge is -2.62. The number of cyclic esters (lactones) is 1. The van der Waals surface area contributed by atoms with Crippen LogP contribution in [-0.2, 0) is 42.9 Å². The summed E-state index contributed by atoms with van der Waals surface area (Å²) in [5.74, 6) is -4.44. The minimum Gasteiger partial charge on any atom is -0.472 e. The standard InChI is InChI=1S/C31H38O10/c1-15(32)39-23(28(36)37-7)24-29(3,4)27(40-16(2)33)19-12-18-20(31(24,6)25(19)35)8-10-30(5)21(18)13-22(34)41-26(30)17-9-11-38-14-17/h9,11,14,19,21,23-24,26-27H,8,10,12-13H2,1-7H3. The zero-order valence-electron chi connectivity index (χ0n) is 24.6. The lowest BCUT2D eigenvalue weighted by atomic mass is 9.41. The minimum atomic E-state index is -1.42. The number of ether oxygens (including phenoxy) is 4. The van der Waals surface area contributed by atoms with Crippen LogP contribution in [0.25, 0.3) is 0 Å². The monoisotopic (exact) mass is 570 g/mol. The summed E-state index contributed by atoms with van der Waals surface area (Å²) in [7, 11) is 1.20. The van der Waals surface area contributed by atoms with Gasteiger partial charge in [-0.1, -0.05) is 31.9 Å². The van der Waals surface area contributed by atoms with Crippen molar-refractivity contribution in [3.63, 3.8) is 0 Å². The van der Waals surface area contributed by atoms with Crippen LogP contribution in [0.5, 0.6) is 0 Å². The molecule has 1 aromatic heterocycles. The van der Waals surface area contributed by atoms with E-state index in [9.17, 15) is 24.0 Å². The summed E-state index contributed by atoms with van der Waals surface area (Å²) >= 11 is 0. The van der Waals surface area contributed by atoms with E-state index in [-0.39, 0.29) is 24.1 Å². The molecule has 2 fully saturated rings. The molecule has 5 rings (SSSR count). The van der Waals surface area contributed by atoms with Crippen molar-refractivity contribution in [3.8, 4) is 0 Å². The lowest BCUT2D eigenvalue weighted by molar-refractivity contribution is -0.207. The fraction of sp³-hybridized carbons (Fsp3) is 0.645. The number of hydrogen-bond acceptors (Lipinski definition) is 10. The van der Waals surface area contributed by atoms with Gasteiger partial charge in [-0.2, -0.15) is 0 Å². The zero-order valence-corrected chi connectivity index (χ0v) is 24.6. The van der Waals surface area contributed by atoms with Gasteiger partial charge in [0.05, 0.1) is 37.4 Å². The molecule has 0 amide bonds. The van der Waals surface area contributed by atoms with E-state index in [4.69, 9.17) is 23.4 Å². The Kier molecular flexibility index (Phi) is 6.98. The molecule has 0 N–H and O–H groups in total. The first-order valence-corrected chi connectivity index (χ1v) is 14.1. The molecule has 8 unspecified atom stereocenters. The molecule has 222 valence electrons. The first kappa shape index (κ1) is 29.1. The van der Waals surface area contributed by atoms with E-state index >= 15 is 0 Å². The number of furan rings is 1. The fourth-order valence-corrected chi connectivity index (χ4v) is 8.76. The van der Waals surface area contributed by atoms with Crippen molar-refractivity contribution in [1.82, 2.24) is 0 Å². The van der Waals surface area contributed by atoms with Crippen LogP contribution in [-0.4, -0.2) is 49.0 Å². The number of ketones is 1. The van der Waals surface area contributed by atoms with Crippen LogP contribution in [0.3, 0.4) is 0 Å². The highest BCUT2D eigenvalue weighted by molar-refractivity contribution is 5.95. The van der Waals surface area contributed by atoms with Gasteiger partial charge in [0.15, 0.2) is 0 Å². The van der Waals surface area contributed by atoms with E-state index in [1.807, 2.05) is 20.8 Å². The van der Waals surface area contributed by atoms with Crippen molar-refractivity contribution in [1.29, 1.82) is 0 Å². The van der Waals surface area contributed by atoms with Crippen LogP contribution in [0.15, 0.2) is 34.2 Å². The molecular weight excluding hydrogens is 532 g/mol. The van der Waals surface area contributed by atoms with Crippen LogP contribution < -0.4 is 0 Å². The van der Waals surface area contributed by atoms with Gasteiger partial charge in [-0.25, -0.2) is 4.79 Å². The summed E-state index contributed by atoms with van der Waals surface area (Å²) in [6.07, 6.45) is 1.86. The average Bonchev–Trinajstić information content (AvgIpc) is 3.42. The van der Waals surface area contributed by atoms with Gasteiger partial charge in [0, 0.05) is 36.2 Å². The molecule has 4 aliphatic rings. The first-order chi connectivity index (χ1) is 19.2. The Balaban J connectivity index is 1.73. The van der Waals surface area contributed by atoms with Gasteiger partial charge in [0.1, 0.15) is 18.0 Å². The van der Waals surface area contributed by atoms with Gasteiger partial charge in [-0.3, -0.25) is 19.2 Å². The Morgan fingerprint density at radius 1 is 1.05 bits per heavy atom. The number of allylic oxidation sites excluding steroid dienone is 2. The quantitative estimate of drug-likeness (QED) is 0.287. The van der Waals surface area contributed by atoms with E-state index in [0.29, 0.717) is 19.3 Å². The molecule has 2 bridgehead atoms. The van der Waals surface area contributed by atoms with Crippen LogP contribution in [0.2, 0.25) is 0 Å². The molecule has 0 radical (unpaired) electrons. The van der Waals surface area contributed by atoms with Crippen molar-refractivity contribution < 1.29 is 47.3 Å². The van der Waals surface area contributed by atoms with Gasteiger partial charge in [0.2, 0.25) is 6.10 Å². The number of hydrogen-bond donors (Lipinski definition) is 0. The Labute approximate surface area is 239 Å². The van der Waals surface area contributed by atoms with Gasteiger partial charge < -0.3 is 23.4 Å². The summed E-state index contributed by atoms with van der Waals surface area (Å²) in [4.78, 5) is 65.4. The third kappa shape index (κ3) is 4.24. The highest BCUT2D eigenvalue weighted by Crippen LogP contribution is 2.68. The van der Waals surface area contributed by atoms with E-state index in [0.717, 1.165) is 16.7 Å². The molecule has 1 saturated carbocycles. The number of fused-ring (bicyclic) bond motifs is 5. The second-order valence-electron chi connectivity index (χ2n) is 13.0. The Bertz CT molecular complexity index is 1320. The Hall–Kier alpha value is -3.43. The van der Waals surface area contributed by atoms with Crippen LogP contribution in [0.1, 0.15) is 78.9 Å². The molecule has 3 aliphatic carbocycles. The molecule has 41 heavy (non-hydrogen) atoms. The van der Waals surface area contributed by atoms with Gasteiger partial charge in [0.25, 0.3) is 0 Å². The van der Waals surface area contributed by atoms with Crippen molar-refractivity contribution in [2.75, 3.05) is 7.11 Å². The van der Waals surface area contributed by atoms with Gasteiger partial charge >= 0.3 is 23.9 Å². The molecule has 10 heteroatoms. The maximum absolute atomic E-state index is 14.5. The van der Waals surface area contributed by atoms with Gasteiger partial charge in [-0.05, 0) is 38.2 Å². The number of Topliss-reactive ketones (excluding diaryl/α,β-unsaturated/α-hetero) is 1. The van der Waals surface area contributed by atoms with Crippen molar-refractivity contribution in [3.05, 3.63) is 35.3 Å². The number of methoxy groups -OCH3 is 1. The normalized spacial score (nSPS) is 36.3. The van der Waals surface area contributed by atoms with Crippen molar-refractivity contribution >= 4 is 29.7 Å². The first-order valence-electron chi connectivity index (χ1n) is 14.1. The summed E-state index contributed by atoms with van der Waals surface area (Å²) in [5, 5.41) is 0. The number of carbonyl (C=O) groups excluding carboxylic acids is 5. The number of carbonyl (C=O) groups is 5. The van der Waals surface area contributed by atoms with Crippen LogP contribution in [0, 0.1) is 34.0 Å². The van der Waals surface area contributed by atoms with Crippen molar-refractivity contribution in [2.24, 2.45) is 34.0 Å². The minimum absolute atomic E-state index is 0.136. The summed E-state index contributed by atoms with van der Waals surface area (Å²) in [5.41, 5.74) is -0.119. The third-order valence-corrected chi connectivity index (χ3v) is 10.3. The lowest BCUT2D eigenvalue weighted by Crippen LogP contribution is -2.68. The SMILES string of the molecule is COC(=O)C(OC(C)=O)C1C2(C)C(=O)C(CC3=C2CCC2(C)C3CC(=O)OC2c2ccoc2)C(OC(C)=O)C1(C)C. The van der Waals surface area contributed by atoms with Crippen molar-refractivity contribution in [2.45, 2.75) is 85.5 Å². The summed E-state index contributed by atoms with van der Waals surface area (Å²) < 4.78 is 27.8. The molecule has 1 aliphatic heterocycles. The Morgan fingerprint density at radius 2 is 1.76 bits per heavy atom. The molecule has 2 heterocycles. The maximum Gasteiger partial charge on any atom is 0.347 e. The topological polar surface area (TPSA) is 135 Å². The Morgan fingerprint density at radius 3 is 2.34 bits per heavy atom. The van der Waals surface area contributed by atoms with E-state index in [1.165, 1.54) is 21.0 Å². The second kappa shape index (κ2) is 9.84. The average molecular weight is 571 g/mol. The second-order valence-corrected chi connectivity index (χ2v) is 13.0. The highest BCUT2D eigenvalue weighted by Gasteiger charge is 2.70. The highest BCUT2D eigenvalue weighted by atomic mass is 16.6. The summed E-state index contributed by atoms with van der Waals surface area (Å²) in [6, 6.07) is 1.80. The van der Waals surface area contributed by atoms with Gasteiger partial charge in [-0.15, -0.1) is 0 Å². The number of esters is 4. The zero-order chi connectivity index (χ0) is 30.1. The maximum atomic E-state index is 14.5. The molecule has 0 aromatic carbocycles. The van der Waals surface area contributed by atoms with Crippen LogP contribution >= 0.6 is 0 Å². The van der Waals surface area contributed by atoms with E-state index in [2.05, 4.69) is 6.92 Å². The predicted octanol–water partition coefficient (Wildman–Crippen LogP) is 4.27. The molecule has 1 aromatic rings. The molecule has 10 nitrogen and oxygen atoms in total. The molecule has 0 spiro atoms. The van der Waals surface area contributed by atoms with Crippen LogP contribution in [0.4, 0.5) is 0 Å².